The normalized spacial score (nSPS) is 11.2. The van der Waals surface area contributed by atoms with Crippen molar-refractivity contribution in [3.8, 4) is 5.75 Å². The maximum absolute atomic E-state index is 14.2. The number of rotatable bonds is 13. The summed E-state index contributed by atoms with van der Waals surface area (Å²) in [4.78, 5) is 22.4. The summed E-state index contributed by atoms with van der Waals surface area (Å²) in [5.41, 5.74) is 3.96. The molecule has 2 N–H and O–H groups in total. The average Bonchev–Trinajstić information content (AvgIpc) is 2.97. The molecule has 7 heteroatoms. The number of aryl methyl sites for hydroxylation is 2. The minimum atomic E-state index is -0.964. The lowest BCUT2D eigenvalue weighted by atomic mass is 9.91. The molecule has 41 heavy (non-hydrogen) atoms. The van der Waals surface area contributed by atoms with E-state index >= 15 is 0 Å². The van der Waals surface area contributed by atoms with Crippen LogP contribution in [0.1, 0.15) is 55.8 Å². The predicted molar refractivity (Wildman–Crippen MR) is 158 cm³/mol. The molecule has 0 saturated heterocycles. The highest BCUT2D eigenvalue weighted by Gasteiger charge is 2.11. The monoisotopic (exact) mass is 572 g/mol. The standard InChI is InChI=1S/C34H30ClFO5/c35-31-4-2-1-3-29(31)22-41-32-20-19-30(36)21-28(32)18-13-23(5-7-24-9-14-26(15-10-24)33(37)38)6-8-25-11-16-27(17-12-25)34(39)40/h1-4,9-21,23H,5-8,22H2,(H,37,38)(H,39,40). The third kappa shape index (κ3) is 8.78. The molecule has 210 valence electrons. The number of halogens is 2. The smallest absolute Gasteiger partial charge is 0.335 e. The highest BCUT2D eigenvalue weighted by Crippen LogP contribution is 2.26. The van der Waals surface area contributed by atoms with Gasteiger partial charge in [-0.25, -0.2) is 14.0 Å². The van der Waals surface area contributed by atoms with Crippen LogP contribution in [0.25, 0.3) is 6.08 Å². The first kappa shape index (κ1) is 29.6. The Labute approximate surface area is 243 Å². The zero-order valence-corrected chi connectivity index (χ0v) is 23.1. The quantitative estimate of drug-likeness (QED) is 0.168. The molecule has 0 amide bonds. The van der Waals surface area contributed by atoms with Gasteiger partial charge in [-0.3, -0.25) is 0 Å². The van der Waals surface area contributed by atoms with E-state index in [0.717, 1.165) is 42.4 Å². The number of ether oxygens (including phenoxy) is 1. The van der Waals surface area contributed by atoms with Crippen LogP contribution in [0.5, 0.6) is 5.75 Å². The lowest BCUT2D eigenvalue weighted by molar-refractivity contribution is 0.0686. The first-order valence-electron chi connectivity index (χ1n) is 13.3. The minimum absolute atomic E-state index is 0.105. The van der Waals surface area contributed by atoms with Gasteiger partial charge in [-0.05, 0) is 91.3 Å². The zero-order valence-electron chi connectivity index (χ0n) is 22.3. The van der Waals surface area contributed by atoms with Crippen molar-refractivity contribution in [1.82, 2.24) is 0 Å². The van der Waals surface area contributed by atoms with Gasteiger partial charge in [0.1, 0.15) is 18.2 Å². The molecule has 0 saturated carbocycles. The molecule has 0 radical (unpaired) electrons. The van der Waals surface area contributed by atoms with E-state index in [-0.39, 0.29) is 29.5 Å². The summed E-state index contributed by atoms with van der Waals surface area (Å²) in [6.07, 6.45) is 6.94. The van der Waals surface area contributed by atoms with Gasteiger partial charge in [-0.2, -0.15) is 0 Å². The van der Waals surface area contributed by atoms with Gasteiger partial charge >= 0.3 is 11.9 Å². The Bertz CT molecular complexity index is 1450. The molecular weight excluding hydrogens is 543 g/mol. The summed E-state index contributed by atoms with van der Waals surface area (Å²) in [7, 11) is 0. The fourth-order valence-electron chi connectivity index (χ4n) is 4.46. The molecule has 4 rings (SSSR count). The third-order valence-electron chi connectivity index (χ3n) is 6.87. The van der Waals surface area contributed by atoms with E-state index in [4.69, 9.17) is 16.3 Å². The molecule has 5 nitrogen and oxygen atoms in total. The molecule has 0 bridgehead atoms. The maximum atomic E-state index is 14.2. The predicted octanol–water partition coefficient (Wildman–Crippen LogP) is 8.35. The molecule has 0 heterocycles. The molecular formula is C34H30ClFO5. The summed E-state index contributed by atoms with van der Waals surface area (Å²) in [5, 5.41) is 18.9. The lowest BCUT2D eigenvalue weighted by Gasteiger charge is -2.15. The number of carboxylic acid groups (broad SMARTS) is 2. The van der Waals surface area contributed by atoms with Crippen molar-refractivity contribution in [1.29, 1.82) is 0 Å². The van der Waals surface area contributed by atoms with Gasteiger partial charge in [0, 0.05) is 16.1 Å². The average molecular weight is 573 g/mol. The van der Waals surface area contributed by atoms with Crippen molar-refractivity contribution in [2.24, 2.45) is 5.92 Å². The second-order valence-electron chi connectivity index (χ2n) is 9.76. The number of carbonyl (C=O) groups is 2. The summed E-state index contributed by atoms with van der Waals surface area (Å²) in [6.45, 7) is 0.244. The Morgan fingerprint density at radius 3 is 1.90 bits per heavy atom. The highest BCUT2D eigenvalue weighted by molar-refractivity contribution is 6.31. The molecule has 0 spiro atoms. The van der Waals surface area contributed by atoms with Crippen LogP contribution < -0.4 is 4.74 Å². The second kappa shape index (κ2) is 14.3. The molecule has 0 aliphatic heterocycles. The Morgan fingerprint density at radius 1 is 0.805 bits per heavy atom. The number of carboxylic acids is 2. The van der Waals surface area contributed by atoms with Crippen molar-refractivity contribution in [2.45, 2.75) is 32.3 Å². The molecule has 4 aromatic rings. The van der Waals surface area contributed by atoms with Gasteiger partial charge in [0.15, 0.2) is 0 Å². The first-order valence-corrected chi connectivity index (χ1v) is 13.6. The van der Waals surface area contributed by atoms with E-state index in [0.29, 0.717) is 16.3 Å². The van der Waals surface area contributed by atoms with Crippen molar-refractivity contribution in [3.05, 3.63) is 141 Å². The van der Waals surface area contributed by atoms with Crippen LogP contribution in [0.2, 0.25) is 5.02 Å². The van der Waals surface area contributed by atoms with Crippen LogP contribution in [0.15, 0.2) is 97.1 Å². The molecule has 4 aromatic carbocycles. The first-order chi connectivity index (χ1) is 19.8. The van der Waals surface area contributed by atoms with Crippen LogP contribution in [0, 0.1) is 11.7 Å². The van der Waals surface area contributed by atoms with Crippen LogP contribution in [-0.2, 0) is 19.4 Å². The van der Waals surface area contributed by atoms with Gasteiger partial charge in [0.05, 0.1) is 11.1 Å². The van der Waals surface area contributed by atoms with Crippen LogP contribution in [0.4, 0.5) is 4.39 Å². The highest BCUT2D eigenvalue weighted by atomic mass is 35.5. The summed E-state index contributed by atoms with van der Waals surface area (Å²) < 4.78 is 20.2. The molecule has 0 aromatic heterocycles. The fourth-order valence-corrected chi connectivity index (χ4v) is 4.65. The summed E-state index contributed by atoms with van der Waals surface area (Å²) >= 11 is 6.26. The minimum Gasteiger partial charge on any atom is -0.488 e. The summed E-state index contributed by atoms with van der Waals surface area (Å²) in [5.74, 6) is -1.66. The van der Waals surface area contributed by atoms with E-state index in [9.17, 15) is 24.2 Å². The molecule has 0 aliphatic carbocycles. The van der Waals surface area contributed by atoms with Crippen molar-refractivity contribution >= 4 is 29.6 Å². The number of hydrogen-bond donors (Lipinski definition) is 2. The largest absolute Gasteiger partial charge is 0.488 e. The molecule has 0 unspecified atom stereocenters. The molecule has 0 atom stereocenters. The number of hydrogen-bond acceptors (Lipinski definition) is 3. The van der Waals surface area contributed by atoms with E-state index in [1.807, 2.05) is 54.6 Å². The van der Waals surface area contributed by atoms with Gasteiger partial charge in [0.25, 0.3) is 0 Å². The summed E-state index contributed by atoms with van der Waals surface area (Å²) in [6, 6.07) is 25.5. The van der Waals surface area contributed by atoms with Crippen LogP contribution >= 0.6 is 11.6 Å². The van der Waals surface area contributed by atoms with Gasteiger partial charge in [-0.1, -0.05) is 66.2 Å². The fraction of sp³-hybridized carbons (Fsp3) is 0.176. The van der Waals surface area contributed by atoms with Crippen molar-refractivity contribution < 1.29 is 28.9 Å². The van der Waals surface area contributed by atoms with E-state index in [1.165, 1.54) is 12.1 Å². The Balaban J connectivity index is 1.50. The Kier molecular flexibility index (Phi) is 10.3. The van der Waals surface area contributed by atoms with E-state index in [2.05, 4.69) is 0 Å². The third-order valence-corrected chi connectivity index (χ3v) is 7.24. The van der Waals surface area contributed by atoms with E-state index in [1.54, 1.807) is 36.4 Å². The Hall–Kier alpha value is -4.42. The second-order valence-corrected chi connectivity index (χ2v) is 10.2. The number of allylic oxidation sites excluding steroid dienone is 1. The maximum Gasteiger partial charge on any atom is 0.335 e. The molecule has 0 fully saturated rings. The number of aromatic carboxylic acids is 2. The number of benzene rings is 4. The van der Waals surface area contributed by atoms with E-state index < -0.39 is 11.9 Å². The van der Waals surface area contributed by atoms with Crippen molar-refractivity contribution in [3.63, 3.8) is 0 Å². The SMILES string of the molecule is O=C(O)c1ccc(CCC(C=Cc2cc(F)ccc2OCc2ccccc2Cl)CCc2ccc(C(=O)O)cc2)cc1. The topological polar surface area (TPSA) is 83.8 Å². The van der Waals surface area contributed by atoms with Gasteiger partial charge in [0.2, 0.25) is 0 Å². The molecule has 0 aliphatic rings. The van der Waals surface area contributed by atoms with Gasteiger partial charge in [-0.15, -0.1) is 0 Å². The lowest BCUT2D eigenvalue weighted by Crippen LogP contribution is -2.03. The Morgan fingerprint density at radius 2 is 1.37 bits per heavy atom. The van der Waals surface area contributed by atoms with Crippen LogP contribution in [-0.4, -0.2) is 22.2 Å². The van der Waals surface area contributed by atoms with Crippen LogP contribution in [0.3, 0.4) is 0 Å². The van der Waals surface area contributed by atoms with Crippen molar-refractivity contribution in [2.75, 3.05) is 0 Å². The zero-order chi connectivity index (χ0) is 29.2. The van der Waals surface area contributed by atoms with Gasteiger partial charge < -0.3 is 14.9 Å².